The Morgan fingerprint density at radius 1 is 1.54 bits per heavy atom. The van der Waals surface area contributed by atoms with Crippen molar-refractivity contribution in [3.8, 4) is 0 Å². The molecule has 78 valence electrons. The van der Waals surface area contributed by atoms with E-state index in [0.29, 0.717) is 17.6 Å². The van der Waals surface area contributed by atoms with E-state index in [9.17, 15) is 0 Å². The minimum atomic E-state index is 0.324. The van der Waals surface area contributed by atoms with E-state index in [4.69, 9.17) is 0 Å². The standard InChI is InChI=1S/C11H24N2/c1-6-9(2)13-8-7-10(12-5)11(13,3)4/h9-10,12H,6-8H2,1-5H3. The van der Waals surface area contributed by atoms with Crippen LogP contribution < -0.4 is 5.32 Å². The molecule has 1 saturated heterocycles. The highest BCUT2D eigenvalue weighted by Gasteiger charge is 2.41. The highest BCUT2D eigenvalue weighted by Crippen LogP contribution is 2.31. The van der Waals surface area contributed by atoms with E-state index in [1.54, 1.807) is 0 Å². The zero-order valence-corrected chi connectivity index (χ0v) is 9.72. The van der Waals surface area contributed by atoms with Crippen molar-refractivity contribution in [2.45, 2.75) is 58.2 Å². The molecule has 2 heteroatoms. The molecule has 1 heterocycles. The van der Waals surface area contributed by atoms with Crippen LogP contribution in [-0.4, -0.2) is 36.1 Å². The van der Waals surface area contributed by atoms with Gasteiger partial charge in [-0.05, 0) is 40.7 Å². The molecule has 0 amide bonds. The molecule has 13 heavy (non-hydrogen) atoms. The van der Waals surface area contributed by atoms with E-state index in [-0.39, 0.29) is 0 Å². The smallest absolute Gasteiger partial charge is 0.0309 e. The average Bonchev–Trinajstić information content (AvgIpc) is 2.39. The lowest BCUT2D eigenvalue weighted by Crippen LogP contribution is -2.52. The van der Waals surface area contributed by atoms with Crippen molar-refractivity contribution >= 4 is 0 Å². The summed E-state index contributed by atoms with van der Waals surface area (Å²) in [6, 6.07) is 1.37. The average molecular weight is 184 g/mol. The molecule has 0 radical (unpaired) electrons. The van der Waals surface area contributed by atoms with E-state index in [2.05, 4.69) is 45.0 Å². The summed E-state index contributed by atoms with van der Waals surface area (Å²) in [6.07, 6.45) is 2.54. The molecule has 0 aromatic carbocycles. The van der Waals surface area contributed by atoms with E-state index in [0.717, 1.165) is 0 Å². The lowest BCUT2D eigenvalue weighted by Gasteiger charge is -2.39. The Morgan fingerprint density at radius 2 is 2.15 bits per heavy atom. The summed E-state index contributed by atoms with van der Waals surface area (Å²) in [4.78, 5) is 2.63. The molecule has 2 atom stereocenters. The van der Waals surface area contributed by atoms with Crippen LogP contribution in [0.2, 0.25) is 0 Å². The van der Waals surface area contributed by atoms with Gasteiger partial charge in [-0.2, -0.15) is 0 Å². The number of hydrogen-bond acceptors (Lipinski definition) is 2. The maximum absolute atomic E-state index is 3.42. The second kappa shape index (κ2) is 3.97. The van der Waals surface area contributed by atoms with Crippen molar-refractivity contribution in [1.82, 2.24) is 10.2 Å². The molecule has 1 aliphatic heterocycles. The van der Waals surface area contributed by atoms with E-state index in [1.165, 1.54) is 19.4 Å². The predicted octanol–water partition coefficient (Wildman–Crippen LogP) is 1.86. The van der Waals surface area contributed by atoms with Crippen LogP contribution >= 0.6 is 0 Å². The first-order valence-electron chi connectivity index (χ1n) is 5.48. The Morgan fingerprint density at radius 3 is 2.54 bits per heavy atom. The lowest BCUT2D eigenvalue weighted by atomic mass is 9.94. The van der Waals surface area contributed by atoms with Gasteiger partial charge in [0.2, 0.25) is 0 Å². The van der Waals surface area contributed by atoms with E-state index < -0.39 is 0 Å². The Labute approximate surface area is 82.7 Å². The van der Waals surface area contributed by atoms with Crippen LogP contribution in [0.1, 0.15) is 40.5 Å². The van der Waals surface area contributed by atoms with Gasteiger partial charge in [-0.1, -0.05) is 6.92 Å². The van der Waals surface area contributed by atoms with Crippen molar-refractivity contribution in [3.63, 3.8) is 0 Å². The Bertz CT molecular complexity index is 165. The molecule has 0 aromatic heterocycles. The van der Waals surface area contributed by atoms with Crippen molar-refractivity contribution in [1.29, 1.82) is 0 Å². The topological polar surface area (TPSA) is 15.3 Å². The van der Waals surface area contributed by atoms with Crippen LogP contribution in [0, 0.1) is 0 Å². The summed E-state index contributed by atoms with van der Waals surface area (Å²) in [7, 11) is 2.08. The molecular formula is C11H24N2. The molecule has 1 fully saturated rings. The zero-order chi connectivity index (χ0) is 10.1. The summed E-state index contributed by atoms with van der Waals surface area (Å²) in [5.41, 5.74) is 0.324. The van der Waals surface area contributed by atoms with Crippen LogP contribution in [0.4, 0.5) is 0 Å². The SMILES string of the molecule is CCC(C)N1CCC(NC)C1(C)C. The van der Waals surface area contributed by atoms with Gasteiger partial charge in [-0.15, -0.1) is 0 Å². The minimum absolute atomic E-state index is 0.324. The van der Waals surface area contributed by atoms with Crippen molar-refractivity contribution in [3.05, 3.63) is 0 Å². The van der Waals surface area contributed by atoms with E-state index in [1.807, 2.05) is 0 Å². The fourth-order valence-electron chi connectivity index (χ4n) is 2.62. The molecule has 0 saturated carbocycles. The summed E-state index contributed by atoms with van der Waals surface area (Å²) >= 11 is 0. The van der Waals surface area contributed by atoms with Gasteiger partial charge in [0.05, 0.1) is 0 Å². The third-order valence-corrected chi connectivity index (χ3v) is 3.72. The van der Waals surface area contributed by atoms with Crippen LogP contribution in [0.5, 0.6) is 0 Å². The van der Waals surface area contributed by atoms with Gasteiger partial charge in [0.15, 0.2) is 0 Å². The largest absolute Gasteiger partial charge is 0.315 e. The van der Waals surface area contributed by atoms with Crippen molar-refractivity contribution in [2.75, 3.05) is 13.6 Å². The Kier molecular flexibility index (Phi) is 3.36. The first-order chi connectivity index (χ1) is 6.04. The molecule has 1 N–H and O–H groups in total. The van der Waals surface area contributed by atoms with Crippen molar-refractivity contribution < 1.29 is 0 Å². The first-order valence-corrected chi connectivity index (χ1v) is 5.48. The number of rotatable bonds is 3. The monoisotopic (exact) mass is 184 g/mol. The normalized spacial score (nSPS) is 30.7. The van der Waals surface area contributed by atoms with Gasteiger partial charge in [-0.25, -0.2) is 0 Å². The highest BCUT2D eigenvalue weighted by atomic mass is 15.3. The molecular weight excluding hydrogens is 160 g/mol. The molecule has 0 aromatic rings. The third kappa shape index (κ3) is 1.89. The maximum atomic E-state index is 3.42. The Balaban J connectivity index is 2.69. The van der Waals surface area contributed by atoms with E-state index >= 15 is 0 Å². The fourth-order valence-corrected chi connectivity index (χ4v) is 2.62. The molecule has 1 rings (SSSR count). The van der Waals surface area contributed by atoms with Gasteiger partial charge in [0, 0.05) is 24.2 Å². The number of nitrogens with zero attached hydrogens (tertiary/aromatic N) is 1. The molecule has 2 unspecified atom stereocenters. The molecule has 0 bridgehead atoms. The zero-order valence-electron chi connectivity index (χ0n) is 9.72. The number of likely N-dealkylation sites (tertiary alicyclic amines) is 1. The molecule has 0 spiro atoms. The van der Waals surface area contributed by atoms with Crippen LogP contribution in [-0.2, 0) is 0 Å². The number of likely N-dealkylation sites (N-methyl/N-ethyl adjacent to an activating group) is 1. The maximum Gasteiger partial charge on any atom is 0.0309 e. The second-order valence-electron chi connectivity index (χ2n) is 4.73. The van der Waals surface area contributed by atoms with Gasteiger partial charge in [0.25, 0.3) is 0 Å². The number of nitrogens with one attached hydrogen (secondary N) is 1. The lowest BCUT2D eigenvalue weighted by molar-refractivity contribution is 0.107. The highest BCUT2D eigenvalue weighted by molar-refractivity contribution is 5.00. The van der Waals surface area contributed by atoms with Crippen LogP contribution in [0.25, 0.3) is 0 Å². The van der Waals surface area contributed by atoms with Crippen molar-refractivity contribution in [2.24, 2.45) is 0 Å². The summed E-state index contributed by atoms with van der Waals surface area (Å²) in [6.45, 7) is 10.6. The van der Waals surface area contributed by atoms with Gasteiger partial charge in [-0.3, -0.25) is 4.90 Å². The minimum Gasteiger partial charge on any atom is -0.315 e. The van der Waals surface area contributed by atoms with Crippen LogP contribution in [0.3, 0.4) is 0 Å². The van der Waals surface area contributed by atoms with Gasteiger partial charge >= 0.3 is 0 Å². The molecule has 1 aliphatic rings. The third-order valence-electron chi connectivity index (χ3n) is 3.72. The molecule has 0 aliphatic carbocycles. The fraction of sp³-hybridized carbons (Fsp3) is 1.00. The second-order valence-corrected chi connectivity index (χ2v) is 4.73. The summed E-state index contributed by atoms with van der Waals surface area (Å²) < 4.78 is 0. The van der Waals surface area contributed by atoms with Crippen LogP contribution in [0.15, 0.2) is 0 Å². The van der Waals surface area contributed by atoms with Gasteiger partial charge < -0.3 is 5.32 Å². The Hall–Kier alpha value is -0.0800. The quantitative estimate of drug-likeness (QED) is 0.720. The summed E-state index contributed by atoms with van der Waals surface area (Å²) in [5, 5.41) is 3.42. The first kappa shape index (κ1) is 11.0. The summed E-state index contributed by atoms with van der Waals surface area (Å²) in [5.74, 6) is 0. The predicted molar refractivity (Wildman–Crippen MR) is 58.0 cm³/mol. The van der Waals surface area contributed by atoms with Gasteiger partial charge in [0.1, 0.15) is 0 Å². The molecule has 2 nitrogen and oxygen atoms in total. The number of hydrogen-bond donors (Lipinski definition) is 1.